The topological polar surface area (TPSA) is 65.2 Å². The molecule has 0 saturated heterocycles. The summed E-state index contributed by atoms with van der Waals surface area (Å²) in [6, 6.07) is 21.8. The van der Waals surface area contributed by atoms with Crippen molar-refractivity contribution in [2.24, 2.45) is 5.92 Å². The Balaban J connectivity index is 1.25. The number of ether oxygens (including phenoxy) is 1. The molecule has 0 radical (unpaired) electrons. The molecule has 154 valence electrons. The number of oxazole rings is 1. The Labute approximate surface area is 180 Å². The number of Topliss-reactive ketones (excluding diaryl/α,β-unsaturated/α-hetero) is 1. The number of fused-ring (bicyclic) bond motifs is 1. The Kier molecular flexibility index (Phi) is 5.31. The molecule has 1 aliphatic carbocycles. The third-order valence-electron chi connectivity index (χ3n) is 5.66. The Hall–Kier alpha value is -3.73. The van der Waals surface area contributed by atoms with Gasteiger partial charge in [-0.1, -0.05) is 42.5 Å². The van der Waals surface area contributed by atoms with Crippen molar-refractivity contribution in [1.82, 2.24) is 9.97 Å². The van der Waals surface area contributed by atoms with Crippen molar-refractivity contribution in [1.29, 1.82) is 0 Å². The van der Waals surface area contributed by atoms with Gasteiger partial charge in [0.15, 0.2) is 5.76 Å². The molecule has 2 aromatic carbocycles. The molecule has 2 heterocycles. The van der Waals surface area contributed by atoms with Crippen molar-refractivity contribution in [3.63, 3.8) is 0 Å². The lowest BCUT2D eigenvalue weighted by Gasteiger charge is -2.23. The van der Waals surface area contributed by atoms with Crippen LogP contribution >= 0.6 is 0 Å². The van der Waals surface area contributed by atoms with Gasteiger partial charge in [0.2, 0.25) is 5.78 Å². The van der Waals surface area contributed by atoms with E-state index >= 15 is 0 Å². The van der Waals surface area contributed by atoms with Crippen LogP contribution < -0.4 is 4.74 Å². The summed E-state index contributed by atoms with van der Waals surface area (Å²) < 4.78 is 11.7. The zero-order valence-electron chi connectivity index (χ0n) is 17.0. The summed E-state index contributed by atoms with van der Waals surface area (Å²) in [5, 5.41) is 0. The lowest BCUT2D eigenvalue weighted by molar-refractivity contribution is 0.0873. The molecule has 5 rings (SSSR count). The number of hydrogen-bond acceptors (Lipinski definition) is 5. The number of aryl methyl sites for hydroxylation is 1. The molecule has 0 bridgehead atoms. The quantitative estimate of drug-likeness (QED) is 0.403. The number of carbonyl (C=O) groups is 1. The third-order valence-corrected chi connectivity index (χ3v) is 5.66. The maximum absolute atomic E-state index is 13.0. The van der Waals surface area contributed by atoms with Gasteiger partial charge in [-0.25, -0.2) is 4.98 Å². The smallest absolute Gasteiger partial charge is 0.264 e. The predicted octanol–water partition coefficient (Wildman–Crippen LogP) is 5.30. The number of ketones is 1. The zero-order valence-corrected chi connectivity index (χ0v) is 17.0. The first-order valence-corrected chi connectivity index (χ1v) is 10.5. The number of carbonyl (C=O) groups excluding carboxylic acids is 1. The molecule has 2 aromatic heterocycles. The van der Waals surface area contributed by atoms with E-state index in [1.165, 1.54) is 11.1 Å². The highest BCUT2D eigenvalue weighted by molar-refractivity contribution is 5.94. The molecule has 1 atom stereocenters. The molecule has 0 amide bonds. The van der Waals surface area contributed by atoms with Crippen LogP contribution in [-0.4, -0.2) is 15.8 Å². The van der Waals surface area contributed by atoms with Crippen molar-refractivity contribution in [3.05, 3.63) is 102 Å². The molecular weight excluding hydrogens is 388 g/mol. The first-order valence-electron chi connectivity index (χ1n) is 10.5. The van der Waals surface area contributed by atoms with Crippen LogP contribution in [0.25, 0.3) is 11.5 Å². The van der Waals surface area contributed by atoms with E-state index in [1.807, 2.05) is 42.5 Å². The van der Waals surface area contributed by atoms with Crippen molar-refractivity contribution in [3.8, 4) is 17.2 Å². The maximum atomic E-state index is 13.0. The SMILES string of the molecule is O=C(c1ncc(-c2ccccn2)o1)C1CCc2cc(OCc3ccccc3)ccc2C1. The van der Waals surface area contributed by atoms with E-state index in [2.05, 4.69) is 34.2 Å². The number of nitrogens with zero attached hydrogens (tertiary/aromatic N) is 2. The van der Waals surface area contributed by atoms with Crippen molar-refractivity contribution in [2.75, 3.05) is 0 Å². The van der Waals surface area contributed by atoms with Gasteiger partial charge >= 0.3 is 0 Å². The Morgan fingerprint density at radius 1 is 1.00 bits per heavy atom. The standard InChI is InChI=1S/C26H22N2O3/c29-25(26-28-16-24(31-26)23-8-4-5-13-27-23)21-10-9-20-15-22(12-11-19(20)14-21)30-17-18-6-2-1-3-7-18/h1-8,11-13,15-16,21H,9-10,14,17H2. The summed E-state index contributed by atoms with van der Waals surface area (Å²) in [4.78, 5) is 21.4. The van der Waals surface area contributed by atoms with Crippen LogP contribution in [0.5, 0.6) is 5.75 Å². The highest BCUT2D eigenvalue weighted by Crippen LogP contribution is 2.31. The van der Waals surface area contributed by atoms with Gasteiger partial charge in [-0.05, 0) is 60.2 Å². The minimum Gasteiger partial charge on any atom is -0.489 e. The van der Waals surface area contributed by atoms with Crippen LogP contribution in [0.15, 0.2) is 83.5 Å². The minimum atomic E-state index is -0.126. The fourth-order valence-electron chi connectivity index (χ4n) is 3.98. The molecule has 0 N–H and O–H groups in total. The second kappa shape index (κ2) is 8.56. The molecule has 1 unspecified atom stereocenters. The van der Waals surface area contributed by atoms with E-state index in [4.69, 9.17) is 9.15 Å². The van der Waals surface area contributed by atoms with Crippen LogP contribution in [0.4, 0.5) is 0 Å². The van der Waals surface area contributed by atoms with Gasteiger partial charge in [0.05, 0.1) is 6.20 Å². The summed E-state index contributed by atoms with van der Waals surface area (Å²) in [6.45, 7) is 0.545. The largest absolute Gasteiger partial charge is 0.489 e. The maximum Gasteiger partial charge on any atom is 0.264 e. The highest BCUT2D eigenvalue weighted by atomic mass is 16.5. The van der Waals surface area contributed by atoms with E-state index in [-0.39, 0.29) is 17.6 Å². The average molecular weight is 410 g/mol. The zero-order chi connectivity index (χ0) is 21.0. The van der Waals surface area contributed by atoms with E-state index in [0.717, 1.165) is 24.2 Å². The summed E-state index contributed by atoms with van der Waals surface area (Å²) in [5.41, 5.74) is 4.25. The second-order valence-corrected chi connectivity index (χ2v) is 7.75. The van der Waals surface area contributed by atoms with Gasteiger partial charge in [0.1, 0.15) is 18.1 Å². The molecule has 0 fully saturated rings. The molecule has 0 saturated carbocycles. The molecule has 1 aliphatic rings. The summed E-state index contributed by atoms with van der Waals surface area (Å²) in [6.07, 6.45) is 5.56. The van der Waals surface area contributed by atoms with Gasteiger partial charge < -0.3 is 9.15 Å². The first kappa shape index (κ1) is 19.2. The number of hydrogen-bond donors (Lipinski definition) is 0. The Morgan fingerprint density at radius 3 is 2.71 bits per heavy atom. The van der Waals surface area contributed by atoms with Crippen LogP contribution in [-0.2, 0) is 19.4 Å². The molecule has 5 heteroatoms. The number of rotatable bonds is 6. The highest BCUT2D eigenvalue weighted by Gasteiger charge is 2.29. The van der Waals surface area contributed by atoms with E-state index in [9.17, 15) is 4.79 Å². The van der Waals surface area contributed by atoms with Gasteiger partial charge in [0, 0.05) is 12.1 Å². The Morgan fingerprint density at radius 2 is 1.87 bits per heavy atom. The van der Waals surface area contributed by atoms with Crippen LogP contribution in [0.1, 0.15) is 33.8 Å². The van der Waals surface area contributed by atoms with Crippen molar-refractivity contribution >= 4 is 5.78 Å². The van der Waals surface area contributed by atoms with Gasteiger partial charge in [-0.15, -0.1) is 0 Å². The summed E-state index contributed by atoms with van der Waals surface area (Å²) in [7, 11) is 0. The minimum absolute atomic E-state index is 0.0442. The van der Waals surface area contributed by atoms with Crippen LogP contribution in [0.2, 0.25) is 0 Å². The predicted molar refractivity (Wildman–Crippen MR) is 117 cm³/mol. The van der Waals surface area contributed by atoms with Crippen molar-refractivity contribution < 1.29 is 13.9 Å². The van der Waals surface area contributed by atoms with Crippen LogP contribution in [0, 0.1) is 5.92 Å². The molecular formula is C26H22N2O3. The molecule has 0 spiro atoms. The lowest BCUT2D eigenvalue weighted by Crippen LogP contribution is -2.23. The normalized spacial score (nSPS) is 15.3. The number of aromatic nitrogens is 2. The number of pyridine rings is 1. The fourth-order valence-corrected chi connectivity index (χ4v) is 3.98. The van der Waals surface area contributed by atoms with Crippen molar-refractivity contribution in [2.45, 2.75) is 25.9 Å². The van der Waals surface area contributed by atoms with Gasteiger partial charge in [-0.2, -0.15) is 0 Å². The van der Waals surface area contributed by atoms with Gasteiger partial charge in [0.25, 0.3) is 5.89 Å². The molecule has 5 nitrogen and oxygen atoms in total. The molecule has 31 heavy (non-hydrogen) atoms. The monoisotopic (exact) mass is 410 g/mol. The number of benzene rings is 2. The summed E-state index contributed by atoms with van der Waals surface area (Å²) in [5.74, 6) is 1.37. The molecule has 0 aliphatic heterocycles. The fraction of sp³-hybridized carbons (Fsp3) is 0.192. The second-order valence-electron chi connectivity index (χ2n) is 7.75. The third kappa shape index (κ3) is 4.26. The van der Waals surface area contributed by atoms with Gasteiger partial charge in [-0.3, -0.25) is 9.78 Å². The molecule has 4 aromatic rings. The van der Waals surface area contributed by atoms with Crippen LogP contribution in [0.3, 0.4) is 0 Å². The lowest BCUT2D eigenvalue weighted by atomic mass is 9.81. The average Bonchev–Trinajstić information content (AvgIpc) is 3.33. The van der Waals surface area contributed by atoms with E-state index < -0.39 is 0 Å². The van der Waals surface area contributed by atoms with E-state index in [1.54, 1.807) is 12.4 Å². The van der Waals surface area contributed by atoms with E-state index in [0.29, 0.717) is 24.5 Å². The Bertz CT molecular complexity index is 1190. The summed E-state index contributed by atoms with van der Waals surface area (Å²) >= 11 is 0. The first-order chi connectivity index (χ1) is 15.3.